The fourth-order valence-electron chi connectivity index (χ4n) is 2.84. The molecule has 0 spiro atoms. The number of methoxy groups -OCH3 is 1. The van der Waals surface area contributed by atoms with Gasteiger partial charge in [-0.15, -0.1) is 35.3 Å². The minimum absolute atomic E-state index is 0. The van der Waals surface area contributed by atoms with E-state index in [-0.39, 0.29) is 30.0 Å². The van der Waals surface area contributed by atoms with Crippen molar-refractivity contribution in [1.29, 1.82) is 0 Å². The molecule has 6 nitrogen and oxygen atoms in total. The lowest BCUT2D eigenvalue weighted by Gasteiger charge is -2.25. The Morgan fingerprint density at radius 1 is 1.26 bits per heavy atom. The lowest BCUT2D eigenvalue weighted by atomic mass is 10.0. The van der Waals surface area contributed by atoms with Crippen LogP contribution in [0.25, 0.3) is 0 Å². The third kappa shape index (κ3) is 8.45. The summed E-state index contributed by atoms with van der Waals surface area (Å²) in [4.78, 5) is 10.4. The molecule has 2 rings (SSSR count). The number of guanidine groups is 1. The normalized spacial score (nSPS) is 13.0. The first-order valence-electron chi connectivity index (χ1n) is 9.59. The second-order valence-corrected chi connectivity index (χ2v) is 7.68. The topological polar surface area (TPSA) is 61.8 Å². The summed E-state index contributed by atoms with van der Waals surface area (Å²) in [6, 6.07) is 7.82. The zero-order chi connectivity index (χ0) is 22.1. The number of aliphatic imine (C=N–C) groups is 1. The maximum absolute atomic E-state index is 12.7. The van der Waals surface area contributed by atoms with Crippen LogP contribution in [0.1, 0.15) is 29.2 Å². The number of thiazole rings is 1. The SMILES string of the molecule is CCNC(=NCC(c1ccccc1OC)N(C)C)NCCc1nc(C(F)(F)F)cs1.I. The molecule has 0 amide bonds. The van der Waals surface area contributed by atoms with Crippen LogP contribution in [0, 0.1) is 0 Å². The Balaban J connectivity index is 0.00000480. The van der Waals surface area contributed by atoms with Crippen molar-refractivity contribution in [3.8, 4) is 5.75 Å². The maximum Gasteiger partial charge on any atom is 0.434 e. The predicted molar refractivity (Wildman–Crippen MR) is 130 cm³/mol. The zero-order valence-corrected chi connectivity index (χ0v) is 21.1. The standard InChI is InChI=1S/C20H28F3N5OS.HI/c1-5-24-19(25-11-10-18-27-17(13-30-18)20(21,22)23)26-12-15(28(2)3)14-8-6-7-9-16(14)29-4;/h6-9,13,15H,5,10-12H2,1-4H3,(H2,24,25,26);1H. The van der Waals surface area contributed by atoms with Gasteiger partial charge in [0.05, 0.1) is 24.7 Å². The van der Waals surface area contributed by atoms with Gasteiger partial charge in [0.25, 0.3) is 0 Å². The monoisotopic (exact) mass is 571 g/mol. The Kier molecular flexibility index (Phi) is 11.6. The van der Waals surface area contributed by atoms with E-state index in [0.717, 1.165) is 28.0 Å². The number of aromatic nitrogens is 1. The van der Waals surface area contributed by atoms with Gasteiger partial charge in [-0.3, -0.25) is 4.99 Å². The summed E-state index contributed by atoms with van der Waals surface area (Å²) in [5.74, 6) is 1.40. The summed E-state index contributed by atoms with van der Waals surface area (Å²) < 4.78 is 43.5. The molecule has 1 unspecified atom stereocenters. The molecule has 1 aromatic heterocycles. The summed E-state index contributed by atoms with van der Waals surface area (Å²) in [6.07, 6.45) is -4.02. The minimum atomic E-state index is -4.40. The molecule has 0 aliphatic carbocycles. The molecule has 1 heterocycles. The summed E-state index contributed by atoms with van der Waals surface area (Å²) in [5.41, 5.74) is 0.195. The lowest BCUT2D eigenvalue weighted by Crippen LogP contribution is -2.39. The molecule has 0 bridgehead atoms. The largest absolute Gasteiger partial charge is 0.496 e. The molecular weight excluding hydrogens is 542 g/mol. The van der Waals surface area contributed by atoms with E-state index in [2.05, 4.69) is 25.5 Å². The van der Waals surface area contributed by atoms with Gasteiger partial charge < -0.3 is 20.3 Å². The molecule has 11 heteroatoms. The van der Waals surface area contributed by atoms with E-state index >= 15 is 0 Å². The van der Waals surface area contributed by atoms with Gasteiger partial charge in [-0.25, -0.2) is 4.98 Å². The highest BCUT2D eigenvalue weighted by Crippen LogP contribution is 2.30. The summed E-state index contributed by atoms with van der Waals surface area (Å²) in [5, 5.41) is 7.81. The number of ether oxygens (including phenoxy) is 1. The molecule has 1 aromatic carbocycles. The fourth-order valence-corrected chi connectivity index (χ4v) is 3.65. The molecule has 2 aromatic rings. The lowest BCUT2D eigenvalue weighted by molar-refractivity contribution is -0.140. The van der Waals surface area contributed by atoms with Crippen LogP contribution in [-0.4, -0.2) is 56.7 Å². The van der Waals surface area contributed by atoms with Gasteiger partial charge >= 0.3 is 6.18 Å². The van der Waals surface area contributed by atoms with Crippen LogP contribution in [0.4, 0.5) is 13.2 Å². The van der Waals surface area contributed by atoms with Crippen LogP contribution < -0.4 is 15.4 Å². The van der Waals surface area contributed by atoms with Crippen LogP contribution in [0.3, 0.4) is 0 Å². The number of para-hydroxylation sites is 1. The molecule has 31 heavy (non-hydrogen) atoms. The van der Waals surface area contributed by atoms with Gasteiger partial charge in [0.1, 0.15) is 5.75 Å². The summed E-state index contributed by atoms with van der Waals surface area (Å²) >= 11 is 1.01. The summed E-state index contributed by atoms with van der Waals surface area (Å²) in [6.45, 7) is 3.54. The van der Waals surface area contributed by atoms with E-state index in [1.54, 1.807) is 7.11 Å². The third-order valence-electron chi connectivity index (χ3n) is 4.36. The maximum atomic E-state index is 12.7. The molecule has 0 aliphatic rings. The van der Waals surface area contributed by atoms with E-state index in [1.807, 2.05) is 45.3 Å². The van der Waals surface area contributed by atoms with E-state index in [9.17, 15) is 13.2 Å². The predicted octanol–water partition coefficient (Wildman–Crippen LogP) is 4.19. The van der Waals surface area contributed by atoms with Crippen LogP contribution in [0.5, 0.6) is 5.75 Å². The quantitative estimate of drug-likeness (QED) is 0.269. The van der Waals surface area contributed by atoms with Crippen molar-refractivity contribution in [3.63, 3.8) is 0 Å². The van der Waals surface area contributed by atoms with Crippen molar-refractivity contribution in [2.75, 3.05) is 40.8 Å². The highest BCUT2D eigenvalue weighted by Gasteiger charge is 2.33. The number of benzene rings is 1. The number of hydrogen-bond acceptors (Lipinski definition) is 5. The Labute approximate surface area is 202 Å². The molecule has 0 aliphatic heterocycles. The first-order valence-corrected chi connectivity index (χ1v) is 10.5. The molecule has 174 valence electrons. The fraction of sp³-hybridized carbons (Fsp3) is 0.500. The number of likely N-dealkylation sites (N-methyl/N-ethyl adjacent to an activating group) is 1. The highest BCUT2D eigenvalue weighted by atomic mass is 127. The van der Waals surface area contributed by atoms with E-state index in [0.29, 0.717) is 37.0 Å². The van der Waals surface area contributed by atoms with Crippen molar-refractivity contribution < 1.29 is 17.9 Å². The number of alkyl halides is 3. The Morgan fingerprint density at radius 2 is 1.97 bits per heavy atom. The zero-order valence-electron chi connectivity index (χ0n) is 18.0. The number of halogens is 4. The first-order chi connectivity index (χ1) is 14.3. The number of nitrogens with zero attached hydrogens (tertiary/aromatic N) is 3. The average molecular weight is 571 g/mol. The molecule has 0 saturated carbocycles. The van der Waals surface area contributed by atoms with E-state index in [1.165, 1.54) is 0 Å². The second-order valence-electron chi connectivity index (χ2n) is 6.74. The van der Waals surface area contributed by atoms with Crippen molar-refractivity contribution >= 4 is 41.3 Å². The van der Waals surface area contributed by atoms with E-state index in [4.69, 9.17) is 4.74 Å². The van der Waals surface area contributed by atoms with Crippen LogP contribution >= 0.6 is 35.3 Å². The molecule has 0 radical (unpaired) electrons. The van der Waals surface area contributed by atoms with Gasteiger partial charge in [-0.05, 0) is 27.1 Å². The Bertz CT molecular complexity index is 829. The number of hydrogen-bond donors (Lipinski definition) is 2. The smallest absolute Gasteiger partial charge is 0.434 e. The molecule has 0 saturated heterocycles. The van der Waals surface area contributed by atoms with Gasteiger partial charge in [0.15, 0.2) is 11.7 Å². The average Bonchev–Trinajstić information content (AvgIpc) is 3.17. The summed E-state index contributed by atoms with van der Waals surface area (Å²) in [7, 11) is 5.60. The molecule has 0 fully saturated rings. The third-order valence-corrected chi connectivity index (χ3v) is 5.27. The van der Waals surface area contributed by atoms with Crippen LogP contribution in [0.2, 0.25) is 0 Å². The molecule has 2 N–H and O–H groups in total. The van der Waals surface area contributed by atoms with Gasteiger partial charge in [-0.1, -0.05) is 18.2 Å². The highest BCUT2D eigenvalue weighted by molar-refractivity contribution is 14.0. The number of nitrogens with one attached hydrogen (secondary N) is 2. The van der Waals surface area contributed by atoms with Crippen molar-refractivity contribution in [3.05, 3.63) is 45.9 Å². The molecule has 1 atom stereocenters. The van der Waals surface area contributed by atoms with Gasteiger partial charge in [-0.2, -0.15) is 13.2 Å². The Hall–Kier alpha value is -1.60. The van der Waals surface area contributed by atoms with E-state index < -0.39 is 11.9 Å². The molecular formula is C20H29F3IN5OS. The van der Waals surface area contributed by atoms with Crippen LogP contribution in [-0.2, 0) is 12.6 Å². The van der Waals surface area contributed by atoms with Crippen molar-refractivity contribution in [1.82, 2.24) is 20.5 Å². The number of rotatable bonds is 9. The van der Waals surface area contributed by atoms with Gasteiger partial charge in [0, 0.05) is 30.5 Å². The van der Waals surface area contributed by atoms with Crippen LogP contribution in [0.15, 0.2) is 34.6 Å². The minimum Gasteiger partial charge on any atom is -0.496 e. The van der Waals surface area contributed by atoms with Gasteiger partial charge in [0.2, 0.25) is 0 Å². The first kappa shape index (κ1) is 27.4. The van der Waals surface area contributed by atoms with Crippen molar-refractivity contribution in [2.24, 2.45) is 4.99 Å². The van der Waals surface area contributed by atoms with Crippen molar-refractivity contribution in [2.45, 2.75) is 25.6 Å². The Morgan fingerprint density at radius 3 is 2.55 bits per heavy atom. The second kappa shape index (κ2) is 13.1.